The SMILES string of the molecule is CCN(C1CCNCC1)C(C)C(=O)OC. The summed E-state index contributed by atoms with van der Waals surface area (Å²) >= 11 is 0. The van der Waals surface area contributed by atoms with E-state index in [1.165, 1.54) is 7.11 Å². The maximum atomic E-state index is 11.5. The highest BCUT2D eigenvalue weighted by atomic mass is 16.5. The zero-order chi connectivity index (χ0) is 11.3. The molecule has 1 N–H and O–H groups in total. The number of ether oxygens (including phenoxy) is 1. The summed E-state index contributed by atoms with van der Waals surface area (Å²) in [4.78, 5) is 13.7. The molecule has 1 atom stereocenters. The molecule has 15 heavy (non-hydrogen) atoms. The normalized spacial score (nSPS) is 20.3. The first kappa shape index (κ1) is 12.5. The van der Waals surface area contributed by atoms with Crippen LogP contribution in [0, 0.1) is 0 Å². The molecule has 0 aromatic heterocycles. The van der Waals surface area contributed by atoms with Crippen molar-refractivity contribution in [3.8, 4) is 0 Å². The van der Waals surface area contributed by atoms with Gasteiger partial charge in [-0.1, -0.05) is 6.92 Å². The molecule has 1 rings (SSSR count). The lowest BCUT2D eigenvalue weighted by atomic mass is 10.0. The molecule has 4 heteroatoms. The van der Waals surface area contributed by atoms with E-state index >= 15 is 0 Å². The molecular weight excluding hydrogens is 192 g/mol. The van der Waals surface area contributed by atoms with Gasteiger partial charge >= 0.3 is 5.97 Å². The van der Waals surface area contributed by atoms with E-state index in [2.05, 4.69) is 17.1 Å². The molecule has 0 radical (unpaired) electrons. The van der Waals surface area contributed by atoms with E-state index in [0.717, 1.165) is 32.5 Å². The Labute approximate surface area is 92.0 Å². The zero-order valence-corrected chi connectivity index (χ0v) is 9.95. The molecule has 1 aliphatic rings. The summed E-state index contributed by atoms with van der Waals surface area (Å²) in [5.41, 5.74) is 0. The van der Waals surface area contributed by atoms with E-state index in [1.807, 2.05) is 6.92 Å². The molecule has 0 bridgehead atoms. The molecule has 0 aromatic rings. The lowest BCUT2D eigenvalue weighted by molar-refractivity contribution is -0.147. The van der Waals surface area contributed by atoms with Gasteiger partial charge in [0.25, 0.3) is 0 Å². The number of esters is 1. The first-order valence-corrected chi connectivity index (χ1v) is 5.75. The molecule has 0 saturated carbocycles. The third-order valence-corrected chi connectivity index (χ3v) is 3.18. The number of hydrogen-bond acceptors (Lipinski definition) is 4. The Morgan fingerprint density at radius 2 is 2.13 bits per heavy atom. The number of methoxy groups -OCH3 is 1. The number of hydrogen-bond donors (Lipinski definition) is 1. The largest absolute Gasteiger partial charge is 0.468 e. The van der Waals surface area contributed by atoms with Crippen LogP contribution in [0.5, 0.6) is 0 Å². The fourth-order valence-corrected chi connectivity index (χ4v) is 2.29. The molecule has 0 aliphatic carbocycles. The van der Waals surface area contributed by atoms with Crippen molar-refractivity contribution in [2.45, 2.75) is 38.8 Å². The van der Waals surface area contributed by atoms with E-state index in [9.17, 15) is 4.79 Å². The number of piperidine rings is 1. The van der Waals surface area contributed by atoms with Gasteiger partial charge in [0.2, 0.25) is 0 Å². The van der Waals surface area contributed by atoms with Gasteiger partial charge in [0.1, 0.15) is 6.04 Å². The zero-order valence-electron chi connectivity index (χ0n) is 9.95. The predicted molar refractivity (Wildman–Crippen MR) is 59.7 cm³/mol. The van der Waals surface area contributed by atoms with Gasteiger partial charge in [-0.05, 0) is 39.4 Å². The highest BCUT2D eigenvalue weighted by molar-refractivity contribution is 5.75. The van der Waals surface area contributed by atoms with Crippen LogP contribution in [-0.2, 0) is 9.53 Å². The van der Waals surface area contributed by atoms with Gasteiger partial charge in [-0.15, -0.1) is 0 Å². The van der Waals surface area contributed by atoms with Crippen molar-refractivity contribution in [2.24, 2.45) is 0 Å². The molecule has 0 spiro atoms. The fourth-order valence-electron chi connectivity index (χ4n) is 2.29. The van der Waals surface area contributed by atoms with E-state index < -0.39 is 0 Å². The smallest absolute Gasteiger partial charge is 0.322 e. The number of carbonyl (C=O) groups is 1. The van der Waals surface area contributed by atoms with Gasteiger partial charge in [0, 0.05) is 6.04 Å². The van der Waals surface area contributed by atoms with E-state index in [1.54, 1.807) is 0 Å². The lowest BCUT2D eigenvalue weighted by Gasteiger charge is -2.36. The van der Waals surface area contributed by atoms with E-state index in [-0.39, 0.29) is 12.0 Å². The standard InChI is InChI=1S/C11H22N2O2/c1-4-13(9(2)11(14)15-3)10-5-7-12-8-6-10/h9-10,12H,4-8H2,1-3H3. The molecular formula is C11H22N2O2. The Bertz CT molecular complexity index is 203. The molecule has 0 amide bonds. The molecule has 0 aromatic carbocycles. The van der Waals surface area contributed by atoms with Crippen LogP contribution < -0.4 is 5.32 Å². The summed E-state index contributed by atoms with van der Waals surface area (Å²) in [6.45, 7) is 7.03. The number of nitrogens with zero attached hydrogens (tertiary/aromatic N) is 1. The topological polar surface area (TPSA) is 41.6 Å². The second-order valence-corrected chi connectivity index (χ2v) is 4.01. The molecule has 1 saturated heterocycles. The molecule has 88 valence electrons. The van der Waals surface area contributed by atoms with Crippen LogP contribution in [0.2, 0.25) is 0 Å². The first-order chi connectivity index (χ1) is 7.20. The Morgan fingerprint density at radius 3 is 2.60 bits per heavy atom. The van der Waals surface area contributed by atoms with Gasteiger partial charge in [-0.2, -0.15) is 0 Å². The molecule has 1 heterocycles. The maximum absolute atomic E-state index is 11.5. The van der Waals surface area contributed by atoms with Gasteiger partial charge in [-0.25, -0.2) is 0 Å². The van der Waals surface area contributed by atoms with Crippen molar-refractivity contribution in [1.29, 1.82) is 0 Å². The minimum absolute atomic E-state index is 0.122. The summed E-state index contributed by atoms with van der Waals surface area (Å²) in [5.74, 6) is -0.129. The molecule has 1 aliphatic heterocycles. The Balaban J connectivity index is 2.56. The minimum atomic E-state index is -0.129. The Kier molecular flexibility index (Phi) is 5.05. The van der Waals surface area contributed by atoms with Crippen molar-refractivity contribution in [3.63, 3.8) is 0 Å². The van der Waals surface area contributed by atoms with Gasteiger partial charge < -0.3 is 10.1 Å². The molecule has 1 fully saturated rings. The first-order valence-electron chi connectivity index (χ1n) is 5.75. The average molecular weight is 214 g/mol. The quantitative estimate of drug-likeness (QED) is 0.697. The van der Waals surface area contributed by atoms with Crippen LogP contribution in [0.1, 0.15) is 26.7 Å². The summed E-state index contributed by atoms with van der Waals surface area (Å²) in [6.07, 6.45) is 2.24. The number of rotatable bonds is 4. The van der Waals surface area contributed by atoms with Crippen molar-refractivity contribution in [2.75, 3.05) is 26.7 Å². The Hall–Kier alpha value is -0.610. The van der Waals surface area contributed by atoms with Crippen molar-refractivity contribution >= 4 is 5.97 Å². The maximum Gasteiger partial charge on any atom is 0.322 e. The summed E-state index contributed by atoms with van der Waals surface area (Å²) in [5, 5.41) is 3.33. The number of likely N-dealkylation sites (N-methyl/N-ethyl adjacent to an activating group) is 1. The number of carbonyl (C=O) groups excluding carboxylic acids is 1. The molecule has 4 nitrogen and oxygen atoms in total. The van der Waals surface area contributed by atoms with Crippen molar-refractivity contribution in [1.82, 2.24) is 10.2 Å². The third-order valence-electron chi connectivity index (χ3n) is 3.18. The number of nitrogens with one attached hydrogen (secondary N) is 1. The van der Waals surface area contributed by atoms with Crippen LogP contribution in [0.15, 0.2) is 0 Å². The predicted octanol–water partition coefficient (Wildman–Crippen LogP) is 0.622. The summed E-state index contributed by atoms with van der Waals surface area (Å²) in [6, 6.07) is 0.397. The summed E-state index contributed by atoms with van der Waals surface area (Å²) < 4.78 is 4.79. The third kappa shape index (κ3) is 3.18. The van der Waals surface area contributed by atoms with Gasteiger partial charge in [0.15, 0.2) is 0 Å². The second kappa shape index (κ2) is 6.08. The fraction of sp³-hybridized carbons (Fsp3) is 0.909. The minimum Gasteiger partial charge on any atom is -0.468 e. The lowest BCUT2D eigenvalue weighted by Crippen LogP contribution is -2.49. The Morgan fingerprint density at radius 1 is 1.53 bits per heavy atom. The highest BCUT2D eigenvalue weighted by Gasteiger charge is 2.28. The highest BCUT2D eigenvalue weighted by Crippen LogP contribution is 2.15. The van der Waals surface area contributed by atoms with Crippen LogP contribution in [0.4, 0.5) is 0 Å². The van der Waals surface area contributed by atoms with Crippen molar-refractivity contribution < 1.29 is 9.53 Å². The monoisotopic (exact) mass is 214 g/mol. The van der Waals surface area contributed by atoms with E-state index in [4.69, 9.17) is 4.74 Å². The van der Waals surface area contributed by atoms with Crippen LogP contribution in [-0.4, -0.2) is 49.7 Å². The molecule has 1 unspecified atom stereocenters. The summed E-state index contributed by atoms with van der Waals surface area (Å²) in [7, 11) is 1.45. The van der Waals surface area contributed by atoms with Gasteiger partial charge in [-0.3, -0.25) is 9.69 Å². The van der Waals surface area contributed by atoms with Crippen LogP contribution >= 0.6 is 0 Å². The van der Waals surface area contributed by atoms with Crippen LogP contribution in [0.25, 0.3) is 0 Å². The van der Waals surface area contributed by atoms with E-state index in [0.29, 0.717) is 6.04 Å². The van der Waals surface area contributed by atoms with Crippen molar-refractivity contribution in [3.05, 3.63) is 0 Å². The average Bonchev–Trinajstić information content (AvgIpc) is 2.30. The van der Waals surface area contributed by atoms with Crippen LogP contribution in [0.3, 0.4) is 0 Å². The second-order valence-electron chi connectivity index (χ2n) is 4.01. The van der Waals surface area contributed by atoms with Gasteiger partial charge in [0.05, 0.1) is 7.11 Å².